The van der Waals surface area contributed by atoms with E-state index in [0.717, 1.165) is 16.5 Å². The molecule has 7 nitrogen and oxygen atoms in total. The maximum Gasteiger partial charge on any atom is 0.266 e. The number of amides is 1. The Balaban J connectivity index is 1.75. The van der Waals surface area contributed by atoms with E-state index in [4.69, 9.17) is 42.8 Å². The molecular weight excluding hydrogens is 641 g/mol. The third kappa shape index (κ3) is 8.26. The van der Waals surface area contributed by atoms with Crippen molar-refractivity contribution in [2.24, 2.45) is 10.4 Å². The minimum atomic E-state index is -1.40. The van der Waals surface area contributed by atoms with Crippen molar-refractivity contribution in [2.75, 3.05) is 19.8 Å². The van der Waals surface area contributed by atoms with Crippen molar-refractivity contribution in [1.82, 2.24) is 10.9 Å². The van der Waals surface area contributed by atoms with Gasteiger partial charge in [-0.2, -0.15) is 0 Å². The lowest BCUT2D eigenvalue weighted by atomic mass is 9.82. The summed E-state index contributed by atoms with van der Waals surface area (Å²) >= 11 is 16.4. The zero-order valence-electron chi connectivity index (χ0n) is 23.9. The summed E-state index contributed by atoms with van der Waals surface area (Å²) in [5.41, 5.74) is 6.91. The number of ether oxygens (including phenoxy) is 2. The van der Waals surface area contributed by atoms with Gasteiger partial charge in [-0.15, -0.1) is 0 Å². The number of hydrogen-bond acceptors (Lipinski definition) is 6. The highest BCUT2D eigenvalue weighted by Crippen LogP contribution is 2.45. The van der Waals surface area contributed by atoms with Crippen molar-refractivity contribution in [3.05, 3.63) is 97.9 Å². The molecule has 0 aromatic heterocycles. The molecule has 0 aliphatic carbocycles. The first-order valence-electron chi connectivity index (χ1n) is 13.8. The van der Waals surface area contributed by atoms with Gasteiger partial charge in [0.2, 0.25) is 5.90 Å². The fourth-order valence-electron chi connectivity index (χ4n) is 4.58. The molecule has 0 radical (unpaired) electrons. The Labute approximate surface area is 265 Å². The molecule has 0 bridgehead atoms. The topological polar surface area (TPSA) is 92.2 Å². The largest absolute Gasteiger partial charge is 0.494 e. The number of halogens is 3. The number of hydrogen-bond donors (Lipinski definition) is 3. The number of nitrogens with one attached hydrogen (secondary N) is 2. The number of aliphatic imine (C=N–C) groups is 1. The Morgan fingerprint density at radius 1 is 1.10 bits per heavy atom. The van der Waals surface area contributed by atoms with Crippen LogP contribution in [0.4, 0.5) is 0 Å². The fourth-order valence-corrected chi connectivity index (χ4v) is 5.35. The van der Waals surface area contributed by atoms with Crippen molar-refractivity contribution >= 4 is 50.9 Å². The molecule has 42 heavy (non-hydrogen) atoms. The van der Waals surface area contributed by atoms with Crippen molar-refractivity contribution in [2.45, 2.75) is 51.7 Å². The number of carbonyl (C=O) groups excluding carboxylic acids is 1. The Hall–Kier alpha value is -2.62. The van der Waals surface area contributed by atoms with Crippen LogP contribution in [0.15, 0.2) is 76.2 Å². The summed E-state index contributed by atoms with van der Waals surface area (Å²) in [6, 6.07) is 20.2. The lowest BCUT2D eigenvalue weighted by Gasteiger charge is -2.31. The standard InChI is InChI=1S/C32H36BrCl2N3O4/c1-31(2,3)15-16-36-38-30(40)32(20-21-5-9-23(33)10-6-21)28(26-14-11-24(34)19-27(26)35)42-29(37-32)22-7-12-25(13-8-22)41-18-4-17-39/h5-14,19,28,36,39H,4,15-18,20H2,1-3H3,(H,38,40)/t28-,32-/m0/s1. The van der Waals surface area contributed by atoms with Crippen molar-refractivity contribution in [1.29, 1.82) is 0 Å². The Kier molecular flexibility index (Phi) is 10.9. The van der Waals surface area contributed by atoms with Gasteiger partial charge < -0.3 is 14.6 Å². The molecule has 2 atom stereocenters. The third-order valence-corrected chi connectivity index (χ3v) is 7.95. The summed E-state index contributed by atoms with van der Waals surface area (Å²) in [5, 5.41) is 9.89. The molecule has 1 amide bonds. The summed E-state index contributed by atoms with van der Waals surface area (Å²) in [5.74, 6) is 0.634. The molecule has 3 aromatic carbocycles. The minimum absolute atomic E-state index is 0.0605. The fraction of sp³-hybridized carbons (Fsp3) is 0.375. The molecule has 224 valence electrons. The quantitative estimate of drug-likeness (QED) is 0.141. The number of rotatable bonds is 12. The number of aliphatic hydroxyl groups is 1. The van der Waals surface area contributed by atoms with E-state index in [1.54, 1.807) is 18.2 Å². The van der Waals surface area contributed by atoms with Crippen molar-refractivity contribution in [3.63, 3.8) is 0 Å². The maximum absolute atomic E-state index is 14.2. The normalized spacial score (nSPS) is 18.4. The van der Waals surface area contributed by atoms with E-state index < -0.39 is 11.6 Å². The molecule has 1 aliphatic heterocycles. The van der Waals surface area contributed by atoms with Crippen LogP contribution in [0.5, 0.6) is 5.75 Å². The second-order valence-corrected chi connectivity index (χ2v) is 13.2. The Bertz CT molecular complexity index is 1390. The van der Waals surface area contributed by atoms with Gasteiger partial charge in [0.25, 0.3) is 5.91 Å². The van der Waals surface area contributed by atoms with Gasteiger partial charge in [-0.05, 0) is 65.9 Å². The van der Waals surface area contributed by atoms with Gasteiger partial charge in [0, 0.05) is 51.6 Å². The predicted molar refractivity (Wildman–Crippen MR) is 171 cm³/mol. The highest BCUT2D eigenvalue weighted by Gasteiger charge is 2.54. The van der Waals surface area contributed by atoms with Gasteiger partial charge in [0.15, 0.2) is 11.6 Å². The molecule has 1 aliphatic rings. The van der Waals surface area contributed by atoms with Crippen LogP contribution in [0.25, 0.3) is 0 Å². The molecule has 3 N–H and O–H groups in total. The number of hydrazine groups is 1. The molecule has 4 rings (SSSR count). The van der Waals surface area contributed by atoms with Crippen LogP contribution in [0.2, 0.25) is 10.0 Å². The van der Waals surface area contributed by atoms with E-state index in [-0.39, 0.29) is 24.3 Å². The number of nitrogens with zero attached hydrogens (tertiary/aromatic N) is 1. The van der Waals surface area contributed by atoms with E-state index >= 15 is 0 Å². The van der Waals surface area contributed by atoms with E-state index in [1.165, 1.54) is 0 Å². The average Bonchev–Trinajstić information content (AvgIpc) is 3.32. The zero-order valence-corrected chi connectivity index (χ0v) is 27.0. The second-order valence-electron chi connectivity index (χ2n) is 11.4. The average molecular weight is 677 g/mol. The minimum Gasteiger partial charge on any atom is -0.494 e. The van der Waals surface area contributed by atoms with E-state index in [9.17, 15) is 4.79 Å². The lowest BCUT2D eigenvalue weighted by Crippen LogP contribution is -2.54. The van der Waals surface area contributed by atoms with Crippen LogP contribution in [-0.4, -0.2) is 42.2 Å². The van der Waals surface area contributed by atoms with Crippen LogP contribution in [-0.2, 0) is 16.0 Å². The lowest BCUT2D eigenvalue weighted by molar-refractivity contribution is -0.130. The SMILES string of the molecule is CC(C)(C)CCNNC(=O)[C@@]1(Cc2ccc(Br)cc2)N=C(c2ccc(OCCCO)cc2)O[C@H]1c1ccc(Cl)cc1Cl. The molecule has 10 heteroatoms. The Morgan fingerprint density at radius 2 is 1.81 bits per heavy atom. The van der Waals surface area contributed by atoms with Crippen LogP contribution in [0.3, 0.4) is 0 Å². The number of benzene rings is 3. The molecule has 0 spiro atoms. The molecule has 3 aromatic rings. The molecule has 0 saturated heterocycles. The zero-order chi connectivity index (χ0) is 30.3. The first kappa shape index (κ1) is 32.3. The van der Waals surface area contributed by atoms with Gasteiger partial charge in [-0.3, -0.25) is 10.2 Å². The van der Waals surface area contributed by atoms with Gasteiger partial charge in [-0.1, -0.05) is 78.1 Å². The van der Waals surface area contributed by atoms with Crippen LogP contribution in [0.1, 0.15) is 56.4 Å². The second kappa shape index (κ2) is 14.2. The summed E-state index contributed by atoms with van der Waals surface area (Å²) in [6.45, 7) is 7.50. The number of aliphatic hydroxyl groups excluding tert-OH is 1. The van der Waals surface area contributed by atoms with Crippen LogP contribution < -0.4 is 15.6 Å². The van der Waals surface area contributed by atoms with Gasteiger partial charge in [0.1, 0.15) is 5.75 Å². The molecule has 1 heterocycles. The maximum atomic E-state index is 14.2. The van der Waals surface area contributed by atoms with E-state index in [2.05, 4.69) is 47.6 Å². The summed E-state index contributed by atoms with van der Waals surface area (Å²) in [4.78, 5) is 19.2. The first-order chi connectivity index (χ1) is 20.0. The molecular formula is C32H36BrCl2N3O4. The molecule has 0 unspecified atom stereocenters. The van der Waals surface area contributed by atoms with E-state index in [0.29, 0.717) is 52.4 Å². The van der Waals surface area contributed by atoms with Gasteiger partial charge >= 0.3 is 0 Å². The third-order valence-electron chi connectivity index (χ3n) is 6.86. The van der Waals surface area contributed by atoms with E-state index in [1.807, 2.05) is 48.5 Å². The van der Waals surface area contributed by atoms with Crippen LogP contribution in [0, 0.1) is 5.41 Å². The summed E-state index contributed by atoms with van der Waals surface area (Å²) < 4.78 is 13.1. The summed E-state index contributed by atoms with van der Waals surface area (Å²) in [6.07, 6.45) is 0.809. The van der Waals surface area contributed by atoms with Crippen molar-refractivity contribution in [3.8, 4) is 5.75 Å². The molecule has 0 saturated carbocycles. The van der Waals surface area contributed by atoms with Crippen LogP contribution >= 0.6 is 39.1 Å². The predicted octanol–water partition coefficient (Wildman–Crippen LogP) is 7.07. The van der Waals surface area contributed by atoms with Crippen molar-refractivity contribution < 1.29 is 19.4 Å². The number of carbonyl (C=O) groups is 1. The highest BCUT2D eigenvalue weighted by atomic mass is 79.9. The smallest absolute Gasteiger partial charge is 0.266 e. The monoisotopic (exact) mass is 675 g/mol. The van der Waals surface area contributed by atoms with Gasteiger partial charge in [0.05, 0.1) is 6.61 Å². The molecule has 0 fully saturated rings. The van der Waals surface area contributed by atoms with Gasteiger partial charge in [-0.25, -0.2) is 10.4 Å². The summed E-state index contributed by atoms with van der Waals surface area (Å²) in [7, 11) is 0. The highest BCUT2D eigenvalue weighted by molar-refractivity contribution is 9.10. The Morgan fingerprint density at radius 3 is 2.45 bits per heavy atom. The first-order valence-corrected chi connectivity index (χ1v) is 15.4.